The Morgan fingerprint density at radius 1 is 1.05 bits per heavy atom. The third-order valence-electron chi connectivity index (χ3n) is 6.63. The Morgan fingerprint density at radius 2 is 1.74 bits per heavy atom. The number of nitrogens with one attached hydrogen (secondary N) is 2. The van der Waals surface area contributed by atoms with Crippen LogP contribution in [0.5, 0.6) is 0 Å². The SMILES string of the molecule is CC(C)(C)OC(=O)/N=C(\N)c1ccc(NC(=O)c2ccc3c(c2)NC(CC(=O)O)CN(CCc2ccccc2)C3)cc1. The molecule has 10 heteroatoms. The molecule has 0 aromatic heterocycles. The van der Waals surface area contributed by atoms with Crippen molar-refractivity contribution < 1.29 is 24.2 Å². The van der Waals surface area contributed by atoms with Crippen LogP contribution in [0.25, 0.3) is 0 Å². The Hall–Kier alpha value is -4.70. The lowest BCUT2D eigenvalue weighted by Gasteiger charge is -2.23. The summed E-state index contributed by atoms with van der Waals surface area (Å²) >= 11 is 0. The maximum absolute atomic E-state index is 13.1. The van der Waals surface area contributed by atoms with E-state index in [-0.39, 0.29) is 24.2 Å². The molecule has 5 N–H and O–H groups in total. The molecule has 1 aliphatic rings. The molecule has 4 rings (SSSR count). The average Bonchev–Trinajstić information content (AvgIpc) is 3.09. The lowest BCUT2D eigenvalue weighted by molar-refractivity contribution is -0.137. The predicted molar refractivity (Wildman–Crippen MR) is 163 cm³/mol. The first-order valence-corrected chi connectivity index (χ1v) is 13.8. The van der Waals surface area contributed by atoms with Crippen molar-refractivity contribution in [2.24, 2.45) is 10.7 Å². The molecule has 0 saturated heterocycles. The third kappa shape index (κ3) is 8.90. The van der Waals surface area contributed by atoms with Gasteiger partial charge in [0.1, 0.15) is 11.4 Å². The van der Waals surface area contributed by atoms with E-state index in [2.05, 4.69) is 32.7 Å². The number of carbonyl (C=O) groups is 3. The normalized spacial score (nSPS) is 15.6. The van der Waals surface area contributed by atoms with Gasteiger partial charge in [-0.25, -0.2) is 4.79 Å². The second-order valence-electron chi connectivity index (χ2n) is 11.3. The van der Waals surface area contributed by atoms with Crippen LogP contribution in [0.2, 0.25) is 0 Å². The van der Waals surface area contributed by atoms with E-state index in [9.17, 15) is 19.5 Å². The summed E-state index contributed by atoms with van der Waals surface area (Å²) in [6.45, 7) is 7.22. The van der Waals surface area contributed by atoms with Crippen LogP contribution in [0, 0.1) is 0 Å². The highest BCUT2D eigenvalue weighted by Crippen LogP contribution is 2.26. The second-order valence-corrected chi connectivity index (χ2v) is 11.3. The van der Waals surface area contributed by atoms with E-state index in [0.717, 1.165) is 24.2 Å². The first-order chi connectivity index (χ1) is 19.9. The number of nitrogens with two attached hydrogens (primary N) is 1. The standard InChI is InChI=1S/C32H37N5O5/c1-32(2,3)42-31(41)36-29(33)22-11-13-25(14-12-22)35-30(40)23-9-10-24-19-37(16-15-21-7-5-4-6-8-21)20-26(18-28(38)39)34-27(24)17-23/h4-14,17,26,34H,15-16,18-20H2,1-3H3,(H,35,40)(H,38,39)(H2,33,36,41). The van der Waals surface area contributed by atoms with E-state index in [1.807, 2.05) is 24.3 Å². The van der Waals surface area contributed by atoms with Crippen molar-refractivity contribution >= 4 is 35.2 Å². The molecule has 3 aromatic rings. The minimum Gasteiger partial charge on any atom is -0.481 e. The Balaban J connectivity index is 1.44. The maximum atomic E-state index is 13.1. The molecule has 1 atom stereocenters. The number of ether oxygens (including phenoxy) is 1. The molecule has 0 radical (unpaired) electrons. The topological polar surface area (TPSA) is 146 Å². The third-order valence-corrected chi connectivity index (χ3v) is 6.63. The molecule has 42 heavy (non-hydrogen) atoms. The molecule has 0 saturated carbocycles. The molecule has 0 fully saturated rings. The number of aliphatic imine (C=N–C) groups is 1. The Bertz CT molecular complexity index is 1450. The number of amidine groups is 1. The molecule has 0 spiro atoms. The van der Waals surface area contributed by atoms with Gasteiger partial charge in [0.05, 0.1) is 6.42 Å². The zero-order valence-corrected chi connectivity index (χ0v) is 24.1. The van der Waals surface area contributed by atoms with E-state index in [0.29, 0.717) is 29.9 Å². The zero-order chi connectivity index (χ0) is 30.3. The molecule has 0 aliphatic carbocycles. The zero-order valence-electron chi connectivity index (χ0n) is 24.1. The molecule has 1 unspecified atom stereocenters. The van der Waals surface area contributed by atoms with Gasteiger partial charge in [0, 0.05) is 48.2 Å². The van der Waals surface area contributed by atoms with E-state index >= 15 is 0 Å². The minimum absolute atomic E-state index is 0.00711. The second kappa shape index (κ2) is 13.3. The lowest BCUT2D eigenvalue weighted by Crippen LogP contribution is -2.36. The van der Waals surface area contributed by atoms with Gasteiger partial charge in [-0.1, -0.05) is 36.4 Å². The number of nitrogens with zero attached hydrogens (tertiary/aromatic N) is 2. The summed E-state index contributed by atoms with van der Waals surface area (Å²) in [4.78, 5) is 42.6. The fraction of sp³-hybridized carbons (Fsp3) is 0.312. The fourth-order valence-electron chi connectivity index (χ4n) is 4.68. The van der Waals surface area contributed by atoms with Crippen molar-refractivity contribution in [3.8, 4) is 0 Å². The van der Waals surface area contributed by atoms with E-state index in [1.54, 1.807) is 57.2 Å². The van der Waals surface area contributed by atoms with Crippen LogP contribution in [0.15, 0.2) is 77.8 Å². The van der Waals surface area contributed by atoms with Gasteiger partial charge in [-0.05, 0) is 74.7 Å². The number of hydrogen-bond acceptors (Lipinski definition) is 6. The van der Waals surface area contributed by atoms with Crippen LogP contribution >= 0.6 is 0 Å². The van der Waals surface area contributed by atoms with Gasteiger partial charge in [0.2, 0.25) is 0 Å². The highest BCUT2D eigenvalue weighted by molar-refractivity contribution is 6.06. The van der Waals surface area contributed by atoms with Gasteiger partial charge >= 0.3 is 12.1 Å². The van der Waals surface area contributed by atoms with Crippen molar-refractivity contribution in [3.63, 3.8) is 0 Å². The molecule has 220 valence electrons. The van der Waals surface area contributed by atoms with Crippen LogP contribution in [-0.4, -0.2) is 58.5 Å². The largest absolute Gasteiger partial charge is 0.481 e. The summed E-state index contributed by atoms with van der Waals surface area (Å²) in [6, 6.07) is 22.0. The number of carboxylic acid groups (broad SMARTS) is 1. The van der Waals surface area contributed by atoms with Crippen molar-refractivity contribution in [2.45, 2.75) is 51.8 Å². The molecule has 1 aliphatic heterocycles. The summed E-state index contributed by atoms with van der Waals surface area (Å²) in [5.41, 5.74) is 9.71. The van der Waals surface area contributed by atoms with Gasteiger partial charge in [-0.15, -0.1) is 0 Å². The molecular weight excluding hydrogens is 534 g/mol. The van der Waals surface area contributed by atoms with Crippen molar-refractivity contribution in [1.29, 1.82) is 0 Å². The van der Waals surface area contributed by atoms with Gasteiger partial charge in [-0.2, -0.15) is 4.99 Å². The van der Waals surface area contributed by atoms with Crippen LogP contribution < -0.4 is 16.4 Å². The smallest absolute Gasteiger partial charge is 0.436 e. The summed E-state index contributed by atoms with van der Waals surface area (Å²) in [5, 5.41) is 15.7. The number of aliphatic carboxylic acids is 1. The molecule has 2 amide bonds. The number of amides is 2. The number of hydrogen-bond donors (Lipinski definition) is 4. The first kappa shape index (κ1) is 30.3. The number of rotatable bonds is 8. The Labute approximate surface area is 245 Å². The summed E-state index contributed by atoms with van der Waals surface area (Å²) in [7, 11) is 0. The molecule has 10 nitrogen and oxygen atoms in total. The quantitative estimate of drug-likeness (QED) is 0.221. The highest BCUT2D eigenvalue weighted by Gasteiger charge is 2.24. The Morgan fingerprint density at radius 3 is 2.40 bits per heavy atom. The van der Waals surface area contributed by atoms with Crippen molar-refractivity contribution in [1.82, 2.24) is 4.90 Å². The highest BCUT2D eigenvalue weighted by atomic mass is 16.6. The monoisotopic (exact) mass is 571 g/mol. The number of fused-ring (bicyclic) bond motifs is 1. The van der Waals surface area contributed by atoms with Crippen molar-refractivity contribution in [3.05, 3.63) is 95.1 Å². The van der Waals surface area contributed by atoms with Gasteiger partial charge in [-0.3, -0.25) is 14.5 Å². The molecule has 3 aromatic carbocycles. The lowest BCUT2D eigenvalue weighted by atomic mass is 10.1. The number of carbonyl (C=O) groups excluding carboxylic acids is 2. The average molecular weight is 572 g/mol. The van der Waals surface area contributed by atoms with Crippen molar-refractivity contribution in [2.75, 3.05) is 23.7 Å². The summed E-state index contributed by atoms with van der Waals surface area (Å²) < 4.78 is 5.16. The first-order valence-electron chi connectivity index (χ1n) is 13.8. The Kier molecular flexibility index (Phi) is 9.59. The van der Waals surface area contributed by atoms with E-state index < -0.39 is 17.7 Å². The predicted octanol–water partition coefficient (Wildman–Crippen LogP) is 4.89. The molecule has 1 heterocycles. The number of anilines is 2. The fourth-order valence-corrected chi connectivity index (χ4v) is 4.68. The van der Waals surface area contributed by atoms with Gasteiger partial charge in [0.25, 0.3) is 5.91 Å². The van der Waals surface area contributed by atoms with Crippen LogP contribution in [0.3, 0.4) is 0 Å². The van der Waals surface area contributed by atoms with Crippen LogP contribution in [0.1, 0.15) is 54.2 Å². The van der Waals surface area contributed by atoms with Gasteiger partial charge in [0.15, 0.2) is 0 Å². The maximum Gasteiger partial charge on any atom is 0.436 e. The van der Waals surface area contributed by atoms with Gasteiger partial charge < -0.3 is 26.2 Å². The molecule has 0 bridgehead atoms. The molecular formula is C32H37N5O5. The number of benzene rings is 3. The minimum atomic E-state index is -0.881. The van der Waals surface area contributed by atoms with E-state index in [1.165, 1.54) is 5.56 Å². The van der Waals surface area contributed by atoms with Crippen LogP contribution in [-0.2, 0) is 22.5 Å². The van der Waals surface area contributed by atoms with Crippen LogP contribution in [0.4, 0.5) is 16.2 Å². The number of carboxylic acids is 1. The summed E-state index contributed by atoms with van der Waals surface area (Å²) in [6.07, 6.45) is 0.0390. The summed E-state index contributed by atoms with van der Waals surface area (Å²) in [5.74, 6) is -1.19. The van der Waals surface area contributed by atoms with E-state index in [4.69, 9.17) is 10.5 Å².